The number of para-hydroxylation sites is 2. The van der Waals surface area contributed by atoms with Gasteiger partial charge in [-0.2, -0.15) is 0 Å². The molecule has 0 radical (unpaired) electrons. The first-order valence-electron chi connectivity index (χ1n) is 7.88. The number of amides is 1. The van der Waals surface area contributed by atoms with E-state index in [1.54, 1.807) is 19.2 Å². The summed E-state index contributed by atoms with van der Waals surface area (Å²) >= 11 is 1.27. The van der Waals surface area contributed by atoms with Crippen molar-refractivity contribution >= 4 is 28.7 Å². The summed E-state index contributed by atoms with van der Waals surface area (Å²) in [4.78, 5) is 29.3. The first kappa shape index (κ1) is 16.5. The van der Waals surface area contributed by atoms with Crippen LogP contribution >= 0.6 is 11.3 Å². The molecule has 0 unspecified atom stereocenters. The minimum absolute atomic E-state index is 0.0000388. The zero-order chi connectivity index (χ0) is 17.1. The summed E-state index contributed by atoms with van der Waals surface area (Å²) in [5.74, 6) is 0.855. The molecule has 0 N–H and O–H groups in total. The molecule has 1 amide bonds. The van der Waals surface area contributed by atoms with Crippen LogP contribution in [0.5, 0.6) is 5.75 Å². The number of thiophene rings is 1. The number of Topliss-reactive ketones (excluding diaryl/α,β-unsaturated/α-hetero) is 1. The van der Waals surface area contributed by atoms with Gasteiger partial charge in [0.25, 0.3) is 5.91 Å². The van der Waals surface area contributed by atoms with Gasteiger partial charge in [0.15, 0.2) is 5.78 Å². The molecule has 1 fully saturated rings. The third-order valence-corrected chi connectivity index (χ3v) is 5.33. The molecule has 3 rings (SSSR count). The van der Waals surface area contributed by atoms with Crippen LogP contribution in [0.4, 0.5) is 5.69 Å². The molecular weight excluding hydrogens is 324 g/mol. The Balaban J connectivity index is 1.66. The molecule has 2 aromatic rings. The van der Waals surface area contributed by atoms with E-state index in [0.717, 1.165) is 24.5 Å². The maximum absolute atomic E-state index is 12.6. The number of nitrogens with zero attached hydrogens (tertiary/aromatic N) is 2. The van der Waals surface area contributed by atoms with Crippen LogP contribution in [-0.4, -0.2) is 49.9 Å². The number of piperazine rings is 1. The minimum atomic E-state index is 0.0000388. The molecule has 0 atom stereocenters. The van der Waals surface area contributed by atoms with Crippen molar-refractivity contribution in [2.24, 2.45) is 0 Å². The normalized spacial score (nSPS) is 14.6. The second-order valence-electron chi connectivity index (χ2n) is 5.67. The molecule has 0 spiro atoms. The lowest BCUT2D eigenvalue weighted by Crippen LogP contribution is -2.48. The molecule has 1 aromatic heterocycles. The summed E-state index contributed by atoms with van der Waals surface area (Å²) in [5, 5.41) is 0. The zero-order valence-electron chi connectivity index (χ0n) is 13.8. The Morgan fingerprint density at radius 2 is 1.67 bits per heavy atom. The summed E-state index contributed by atoms with van der Waals surface area (Å²) in [7, 11) is 1.67. The first-order valence-corrected chi connectivity index (χ1v) is 8.70. The van der Waals surface area contributed by atoms with Gasteiger partial charge in [-0.25, -0.2) is 0 Å². The second kappa shape index (κ2) is 7.05. The van der Waals surface area contributed by atoms with Gasteiger partial charge in [-0.1, -0.05) is 12.1 Å². The highest BCUT2D eigenvalue weighted by Crippen LogP contribution is 2.28. The second-order valence-corrected chi connectivity index (χ2v) is 6.75. The molecule has 6 heteroatoms. The van der Waals surface area contributed by atoms with Gasteiger partial charge in [-0.05, 0) is 31.2 Å². The van der Waals surface area contributed by atoms with Crippen LogP contribution in [-0.2, 0) is 0 Å². The van der Waals surface area contributed by atoms with Crippen molar-refractivity contribution < 1.29 is 14.3 Å². The number of hydrogen-bond donors (Lipinski definition) is 0. The maximum Gasteiger partial charge on any atom is 0.264 e. The fraction of sp³-hybridized carbons (Fsp3) is 0.333. The Bertz CT molecular complexity index is 748. The predicted molar refractivity (Wildman–Crippen MR) is 95.4 cm³/mol. The smallest absolute Gasteiger partial charge is 0.264 e. The molecule has 5 nitrogen and oxygen atoms in total. The van der Waals surface area contributed by atoms with Crippen molar-refractivity contribution in [3.63, 3.8) is 0 Å². The van der Waals surface area contributed by atoms with E-state index in [9.17, 15) is 9.59 Å². The van der Waals surface area contributed by atoms with Gasteiger partial charge in [-0.15, -0.1) is 11.3 Å². The fourth-order valence-electron chi connectivity index (χ4n) is 2.84. The van der Waals surface area contributed by atoms with Gasteiger partial charge < -0.3 is 14.5 Å². The highest BCUT2D eigenvalue weighted by molar-refractivity contribution is 7.15. The largest absolute Gasteiger partial charge is 0.495 e. The third kappa shape index (κ3) is 3.28. The number of methoxy groups -OCH3 is 1. The molecule has 24 heavy (non-hydrogen) atoms. The van der Waals surface area contributed by atoms with Gasteiger partial charge >= 0.3 is 0 Å². The van der Waals surface area contributed by atoms with Gasteiger partial charge in [0.2, 0.25) is 0 Å². The molecule has 2 heterocycles. The topological polar surface area (TPSA) is 49.9 Å². The lowest BCUT2D eigenvalue weighted by atomic mass is 10.2. The summed E-state index contributed by atoms with van der Waals surface area (Å²) in [6, 6.07) is 11.4. The fourth-order valence-corrected chi connectivity index (χ4v) is 3.71. The van der Waals surface area contributed by atoms with Crippen molar-refractivity contribution in [1.82, 2.24) is 4.90 Å². The van der Waals surface area contributed by atoms with Crippen molar-refractivity contribution in [2.45, 2.75) is 6.92 Å². The summed E-state index contributed by atoms with van der Waals surface area (Å²) < 4.78 is 5.41. The van der Waals surface area contributed by atoms with Crippen LogP contribution in [0.2, 0.25) is 0 Å². The molecule has 1 aromatic carbocycles. The average Bonchev–Trinajstić information content (AvgIpc) is 3.11. The molecule has 0 aliphatic carbocycles. The minimum Gasteiger partial charge on any atom is -0.495 e. The Kier molecular flexibility index (Phi) is 4.85. The van der Waals surface area contributed by atoms with Crippen LogP contribution in [0.15, 0.2) is 36.4 Å². The van der Waals surface area contributed by atoms with Gasteiger partial charge in [-0.3, -0.25) is 9.59 Å². The van der Waals surface area contributed by atoms with E-state index in [-0.39, 0.29) is 11.7 Å². The number of hydrogen-bond acceptors (Lipinski definition) is 5. The summed E-state index contributed by atoms with van der Waals surface area (Å²) in [6.45, 7) is 4.36. The molecule has 1 aliphatic heterocycles. The van der Waals surface area contributed by atoms with E-state index in [0.29, 0.717) is 22.8 Å². The Morgan fingerprint density at radius 1 is 1.00 bits per heavy atom. The Hall–Kier alpha value is -2.34. The quantitative estimate of drug-likeness (QED) is 0.800. The number of benzene rings is 1. The standard InChI is InChI=1S/C18H20N2O3S/c1-13(21)16-7-8-17(24-16)18(22)20-11-9-19(10-12-20)14-5-3-4-6-15(14)23-2/h3-8H,9-12H2,1-2H3. The van der Waals surface area contributed by atoms with E-state index in [4.69, 9.17) is 4.74 Å². The zero-order valence-corrected chi connectivity index (χ0v) is 14.6. The summed E-state index contributed by atoms with van der Waals surface area (Å²) in [6.07, 6.45) is 0. The van der Waals surface area contributed by atoms with Gasteiger partial charge in [0.05, 0.1) is 22.6 Å². The van der Waals surface area contributed by atoms with Gasteiger partial charge in [0, 0.05) is 26.2 Å². The van der Waals surface area contributed by atoms with Crippen molar-refractivity contribution in [1.29, 1.82) is 0 Å². The number of ether oxygens (including phenoxy) is 1. The number of anilines is 1. The summed E-state index contributed by atoms with van der Waals surface area (Å²) in [5.41, 5.74) is 1.06. The Morgan fingerprint density at radius 3 is 2.29 bits per heavy atom. The van der Waals surface area contributed by atoms with E-state index in [1.807, 2.05) is 29.2 Å². The van der Waals surface area contributed by atoms with Gasteiger partial charge in [0.1, 0.15) is 5.75 Å². The van der Waals surface area contributed by atoms with Crippen LogP contribution in [0.1, 0.15) is 26.3 Å². The molecule has 1 aliphatic rings. The van der Waals surface area contributed by atoms with Crippen molar-refractivity contribution in [3.05, 3.63) is 46.2 Å². The highest BCUT2D eigenvalue weighted by Gasteiger charge is 2.24. The van der Waals surface area contributed by atoms with E-state index in [2.05, 4.69) is 4.90 Å². The molecular formula is C18H20N2O3S. The molecule has 0 saturated carbocycles. The lowest BCUT2D eigenvalue weighted by molar-refractivity contribution is 0.0751. The SMILES string of the molecule is COc1ccccc1N1CCN(C(=O)c2ccc(C(C)=O)s2)CC1. The van der Waals surface area contributed by atoms with Crippen LogP contribution in [0.25, 0.3) is 0 Å². The van der Waals surface area contributed by atoms with E-state index >= 15 is 0 Å². The molecule has 0 bridgehead atoms. The Labute approximate surface area is 145 Å². The molecule has 126 valence electrons. The predicted octanol–water partition coefficient (Wildman–Crippen LogP) is 2.92. The van der Waals surface area contributed by atoms with Crippen molar-refractivity contribution in [2.75, 3.05) is 38.2 Å². The maximum atomic E-state index is 12.6. The average molecular weight is 344 g/mol. The first-order chi connectivity index (χ1) is 11.6. The third-order valence-electron chi connectivity index (χ3n) is 4.16. The lowest BCUT2D eigenvalue weighted by Gasteiger charge is -2.36. The number of rotatable bonds is 4. The van der Waals surface area contributed by atoms with E-state index in [1.165, 1.54) is 18.3 Å². The monoisotopic (exact) mass is 344 g/mol. The van der Waals surface area contributed by atoms with Crippen LogP contribution < -0.4 is 9.64 Å². The van der Waals surface area contributed by atoms with Crippen LogP contribution in [0, 0.1) is 0 Å². The van der Waals surface area contributed by atoms with E-state index < -0.39 is 0 Å². The van der Waals surface area contributed by atoms with Crippen molar-refractivity contribution in [3.8, 4) is 5.75 Å². The molecule has 1 saturated heterocycles. The highest BCUT2D eigenvalue weighted by atomic mass is 32.1. The number of carbonyl (C=O) groups is 2. The number of ketones is 1. The van der Waals surface area contributed by atoms with Crippen LogP contribution in [0.3, 0.4) is 0 Å². The number of carbonyl (C=O) groups excluding carboxylic acids is 2.